The summed E-state index contributed by atoms with van der Waals surface area (Å²) in [5.74, 6) is -0.192. The Balaban J connectivity index is 2.10. The molecule has 1 aliphatic rings. The number of hydrogen-bond donors (Lipinski definition) is 1. The number of anilines is 1. The van der Waals surface area contributed by atoms with Crippen LogP contribution in [0.1, 0.15) is 16.8 Å². The van der Waals surface area contributed by atoms with Crippen molar-refractivity contribution < 1.29 is 21.6 Å². The minimum Gasteiger partial charge on any atom is -0.338 e. The molecule has 1 N–H and O–H groups in total. The molecule has 1 heterocycles. The molecule has 9 heteroatoms. The Morgan fingerprint density at radius 1 is 1.27 bits per heavy atom. The third kappa shape index (κ3) is 4.20. The van der Waals surface area contributed by atoms with Crippen molar-refractivity contribution in [2.45, 2.75) is 12.5 Å². The van der Waals surface area contributed by atoms with Gasteiger partial charge >= 0.3 is 0 Å². The number of carbonyl (C=O) groups excluding carboxylic acids is 1. The maximum atomic E-state index is 12.3. The summed E-state index contributed by atoms with van der Waals surface area (Å²) in [5.41, 5.74) is 0.746. The second-order valence-electron chi connectivity index (χ2n) is 5.42. The molecule has 0 aromatic heterocycles. The minimum absolute atomic E-state index is 0.0110. The number of sulfone groups is 1. The van der Waals surface area contributed by atoms with Crippen LogP contribution in [0, 0.1) is 0 Å². The number of nitrogens with one attached hydrogen (secondary N) is 1. The Hall–Kier alpha value is -1.61. The van der Waals surface area contributed by atoms with Gasteiger partial charge in [0.1, 0.15) is 0 Å². The standard InChI is InChI=1S/C13H18N2O5S2/c1-15(12-7-8-22(19,20)9-12)13(16)10-3-5-11(6-4-10)14-21(2,17)18/h3-6,12,14H,7-9H2,1-2H3. The average molecular weight is 346 g/mol. The van der Waals surface area contributed by atoms with E-state index in [1.54, 1.807) is 7.05 Å². The topological polar surface area (TPSA) is 101 Å². The van der Waals surface area contributed by atoms with Crippen LogP contribution in [-0.4, -0.2) is 58.5 Å². The first-order chi connectivity index (χ1) is 10.1. The van der Waals surface area contributed by atoms with Crippen LogP contribution in [0.15, 0.2) is 24.3 Å². The molecule has 1 amide bonds. The molecule has 0 spiro atoms. The van der Waals surface area contributed by atoms with Crippen molar-refractivity contribution in [3.05, 3.63) is 29.8 Å². The van der Waals surface area contributed by atoms with Gasteiger partial charge in [0.25, 0.3) is 5.91 Å². The van der Waals surface area contributed by atoms with Crippen molar-refractivity contribution in [3.63, 3.8) is 0 Å². The summed E-state index contributed by atoms with van der Waals surface area (Å²) in [6.45, 7) is 0. The lowest BCUT2D eigenvalue weighted by molar-refractivity contribution is 0.0747. The minimum atomic E-state index is -3.36. The van der Waals surface area contributed by atoms with Crippen LogP contribution in [0.5, 0.6) is 0 Å². The first kappa shape index (κ1) is 16.8. The largest absolute Gasteiger partial charge is 0.338 e. The molecule has 122 valence electrons. The van der Waals surface area contributed by atoms with Gasteiger partial charge < -0.3 is 4.90 Å². The van der Waals surface area contributed by atoms with E-state index >= 15 is 0 Å². The highest BCUT2D eigenvalue weighted by Gasteiger charge is 2.32. The second kappa shape index (κ2) is 5.88. The number of benzene rings is 1. The predicted molar refractivity (Wildman–Crippen MR) is 84.1 cm³/mol. The number of rotatable bonds is 4. The van der Waals surface area contributed by atoms with Crippen molar-refractivity contribution in [2.75, 3.05) is 29.5 Å². The second-order valence-corrected chi connectivity index (χ2v) is 9.40. The smallest absolute Gasteiger partial charge is 0.253 e. The summed E-state index contributed by atoms with van der Waals surface area (Å²) in [6, 6.07) is 5.69. The summed E-state index contributed by atoms with van der Waals surface area (Å²) >= 11 is 0. The molecule has 22 heavy (non-hydrogen) atoms. The van der Waals surface area contributed by atoms with E-state index in [0.717, 1.165) is 6.26 Å². The fraction of sp³-hybridized carbons (Fsp3) is 0.462. The molecule has 1 saturated heterocycles. The molecule has 0 saturated carbocycles. The van der Waals surface area contributed by atoms with E-state index in [2.05, 4.69) is 4.72 Å². The first-order valence-corrected chi connectivity index (χ1v) is 10.3. The average Bonchev–Trinajstić information content (AvgIpc) is 2.76. The number of nitrogens with zero attached hydrogens (tertiary/aromatic N) is 1. The third-order valence-electron chi connectivity index (χ3n) is 3.51. The van der Waals surface area contributed by atoms with E-state index in [0.29, 0.717) is 17.7 Å². The van der Waals surface area contributed by atoms with Crippen LogP contribution in [-0.2, 0) is 19.9 Å². The summed E-state index contributed by atoms with van der Waals surface area (Å²) in [6.07, 6.45) is 1.48. The quantitative estimate of drug-likeness (QED) is 0.846. The monoisotopic (exact) mass is 346 g/mol. The molecular weight excluding hydrogens is 328 g/mol. The van der Waals surface area contributed by atoms with Crippen LogP contribution in [0.4, 0.5) is 5.69 Å². The number of carbonyl (C=O) groups is 1. The van der Waals surface area contributed by atoms with E-state index in [1.165, 1.54) is 29.2 Å². The fourth-order valence-electron chi connectivity index (χ4n) is 2.35. The number of amides is 1. The SMILES string of the molecule is CN(C(=O)c1ccc(NS(C)(=O)=O)cc1)C1CCS(=O)(=O)C1. The molecule has 1 unspecified atom stereocenters. The Labute approximate surface area is 130 Å². The van der Waals surface area contributed by atoms with Crippen LogP contribution in [0.2, 0.25) is 0 Å². The molecule has 1 aliphatic heterocycles. The molecule has 1 aromatic rings. The zero-order chi connectivity index (χ0) is 16.5. The molecule has 2 rings (SSSR count). The van der Waals surface area contributed by atoms with Gasteiger partial charge in [-0.1, -0.05) is 0 Å². The van der Waals surface area contributed by atoms with Crippen LogP contribution in [0.3, 0.4) is 0 Å². The van der Waals surface area contributed by atoms with E-state index in [4.69, 9.17) is 0 Å². The van der Waals surface area contributed by atoms with Gasteiger partial charge in [0, 0.05) is 24.3 Å². The van der Waals surface area contributed by atoms with Gasteiger partial charge in [0.15, 0.2) is 9.84 Å². The van der Waals surface area contributed by atoms with Gasteiger partial charge in [0.2, 0.25) is 10.0 Å². The lowest BCUT2D eigenvalue weighted by Gasteiger charge is -2.23. The van der Waals surface area contributed by atoms with Crippen LogP contribution < -0.4 is 4.72 Å². The van der Waals surface area contributed by atoms with Gasteiger partial charge in [-0.15, -0.1) is 0 Å². The van der Waals surface area contributed by atoms with Gasteiger partial charge in [0.05, 0.1) is 17.8 Å². The van der Waals surface area contributed by atoms with Crippen molar-refractivity contribution in [3.8, 4) is 0 Å². The molecule has 0 bridgehead atoms. The van der Waals surface area contributed by atoms with Crippen LogP contribution >= 0.6 is 0 Å². The molecular formula is C13H18N2O5S2. The molecule has 1 fully saturated rings. The first-order valence-electron chi connectivity index (χ1n) is 6.63. The number of hydrogen-bond acceptors (Lipinski definition) is 5. The fourth-order valence-corrected chi connectivity index (χ4v) is 4.68. The summed E-state index contributed by atoms with van der Waals surface area (Å²) in [4.78, 5) is 13.8. The van der Waals surface area contributed by atoms with Crippen molar-refractivity contribution in [1.29, 1.82) is 0 Å². The highest BCUT2D eigenvalue weighted by atomic mass is 32.2. The Morgan fingerprint density at radius 2 is 1.86 bits per heavy atom. The summed E-state index contributed by atoms with van der Waals surface area (Å²) in [5, 5.41) is 0. The van der Waals surface area contributed by atoms with Gasteiger partial charge in [-0.25, -0.2) is 16.8 Å². The lowest BCUT2D eigenvalue weighted by Crippen LogP contribution is -2.37. The maximum absolute atomic E-state index is 12.3. The van der Waals surface area contributed by atoms with E-state index < -0.39 is 19.9 Å². The summed E-state index contributed by atoms with van der Waals surface area (Å²) in [7, 11) is -4.84. The van der Waals surface area contributed by atoms with Crippen molar-refractivity contribution >= 4 is 31.5 Å². The van der Waals surface area contributed by atoms with E-state index in [-0.39, 0.29) is 23.5 Å². The maximum Gasteiger partial charge on any atom is 0.253 e. The molecule has 0 radical (unpaired) electrons. The van der Waals surface area contributed by atoms with Gasteiger partial charge in [-0.05, 0) is 30.7 Å². The molecule has 1 atom stereocenters. The van der Waals surface area contributed by atoms with Gasteiger partial charge in [-0.2, -0.15) is 0 Å². The highest BCUT2D eigenvalue weighted by Crippen LogP contribution is 2.19. The molecule has 1 aromatic carbocycles. The summed E-state index contributed by atoms with van der Waals surface area (Å²) < 4.78 is 47.5. The van der Waals surface area contributed by atoms with Crippen molar-refractivity contribution in [2.24, 2.45) is 0 Å². The zero-order valence-electron chi connectivity index (χ0n) is 12.3. The normalized spacial score (nSPS) is 20.5. The Bertz CT molecular complexity index is 769. The zero-order valence-corrected chi connectivity index (χ0v) is 13.9. The van der Waals surface area contributed by atoms with Crippen LogP contribution in [0.25, 0.3) is 0 Å². The van der Waals surface area contributed by atoms with E-state index in [1.807, 2.05) is 0 Å². The lowest BCUT2D eigenvalue weighted by atomic mass is 10.1. The Kier molecular flexibility index (Phi) is 4.48. The predicted octanol–water partition coefficient (Wildman–Crippen LogP) is 0.317. The molecule has 0 aliphatic carbocycles. The highest BCUT2D eigenvalue weighted by molar-refractivity contribution is 7.92. The Morgan fingerprint density at radius 3 is 2.32 bits per heavy atom. The number of sulfonamides is 1. The third-order valence-corrected chi connectivity index (χ3v) is 5.87. The van der Waals surface area contributed by atoms with Gasteiger partial charge in [-0.3, -0.25) is 9.52 Å². The van der Waals surface area contributed by atoms with E-state index in [9.17, 15) is 21.6 Å². The van der Waals surface area contributed by atoms with Crippen molar-refractivity contribution in [1.82, 2.24) is 4.90 Å². The molecule has 7 nitrogen and oxygen atoms in total.